The van der Waals surface area contributed by atoms with Crippen LogP contribution in [0, 0.1) is 5.41 Å². The van der Waals surface area contributed by atoms with E-state index in [9.17, 15) is 13.2 Å². The lowest BCUT2D eigenvalue weighted by Crippen LogP contribution is -2.53. The first-order chi connectivity index (χ1) is 7.93. The molecule has 5 heteroatoms. The van der Waals surface area contributed by atoms with Crippen LogP contribution in [0.3, 0.4) is 0 Å². The van der Waals surface area contributed by atoms with E-state index in [0.717, 1.165) is 0 Å². The minimum Gasteiger partial charge on any atom is -0.325 e. The zero-order chi connectivity index (χ0) is 14.2. The summed E-state index contributed by atoms with van der Waals surface area (Å²) in [6.45, 7) is 9.52. The Hall–Kier alpha value is -0.550. The maximum Gasteiger partial charge on any atom is 0.412 e. The molecule has 0 bridgehead atoms. The fourth-order valence-corrected chi connectivity index (χ4v) is 1.88. The summed E-state index contributed by atoms with van der Waals surface area (Å²) in [5.41, 5.74) is 5.20. The number of hydrogen-bond acceptors (Lipinski definition) is 2. The second kappa shape index (κ2) is 4.85. The van der Waals surface area contributed by atoms with E-state index in [1.165, 1.54) is 6.08 Å². The number of alkyl halides is 3. The van der Waals surface area contributed by atoms with Crippen molar-refractivity contribution in [1.82, 2.24) is 4.90 Å². The Balaban J connectivity index is 2.63. The molecule has 0 radical (unpaired) electrons. The van der Waals surface area contributed by atoms with E-state index >= 15 is 0 Å². The van der Waals surface area contributed by atoms with Crippen molar-refractivity contribution >= 4 is 0 Å². The molecule has 0 spiro atoms. The maximum absolute atomic E-state index is 12.5. The van der Waals surface area contributed by atoms with Crippen LogP contribution in [0.2, 0.25) is 0 Å². The maximum atomic E-state index is 12.5. The van der Waals surface area contributed by atoms with Gasteiger partial charge in [0.2, 0.25) is 0 Å². The lowest BCUT2D eigenvalue weighted by molar-refractivity contribution is -0.0963. The van der Waals surface area contributed by atoms with E-state index in [1.54, 1.807) is 0 Å². The molecule has 0 saturated carbocycles. The Morgan fingerprint density at radius 3 is 2.11 bits per heavy atom. The topological polar surface area (TPSA) is 29.3 Å². The molecule has 0 aromatic carbocycles. The second-order valence-electron chi connectivity index (χ2n) is 6.32. The van der Waals surface area contributed by atoms with Crippen molar-refractivity contribution < 1.29 is 13.2 Å². The average Bonchev–Trinajstić information content (AvgIpc) is 2.14. The Morgan fingerprint density at radius 1 is 1.22 bits per heavy atom. The van der Waals surface area contributed by atoms with Crippen LogP contribution in [0.4, 0.5) is 13.2 Å². The number of halogens is 3. The van der Waals surface area contributed by atoms with Gasteiger partial charge in [0.05, 0.1) is 0 Å². The van der Waals surface area contributed by atoms with Gasteiger partial charge in [-0.2, -0.15) is 13.2 Å². The molecule has 2 N–H and O–H groups in total. The van der Waals surface area contributed by atoms with Crippen molar-refractivity contribution in [3.8, 4) is 0 Å². The van der Waals surface area contributed by atoms with E-state index in [-0.39, 0.29) is 17.4 Å². The lowest BCUT2D eigenvalue weighted by Gasteiger charge is -2.43. The highest BCUT2D eigenvalue weighted by atomic mass is 19.4. The summed E-state index contributed by atoms with van der Waals surface area (Å²) in [6.07, 6.45) is -2.80. The normalized spacial score (nSPS) is 19.9. The first-order valence-corrected chi connectivity index (χ1v) is 6.21. The summed E-state index contributed by atoms with van der Waals surface area (Å²) < 4.78 is 37.5. The molecule has 106 valence electrons. The highest BCUT2D eigenvalue weighted by Crippen LogP contribution is 2.33. The second-order valence-corrected chi connectivity index (χ2v) is 6.32. The smallest absolute Gasteiger partial charge is 0.325 e. The molecule has 0 saturated heterocycles. The number of hydrogen-bond donors (Lipinski definition) is 1. The SMILES string of the molecule is CC(C)(N)C(C)(C)CN1CC=C(C(F)(F)F)CC1. The van der Waals surface area contributed by atoms with Gasteiger partial charge < -0.3 is 5.73 Å². The van der Waals surface area contributed by atoms with Crippen LogP contribution in [0.25, 0.3) is 0 Å². The van der Waals surface area contributed by atoms with Crippen molar-refractivity contribution in [1.29, 1.82) is 0 Å². The Kier molecular flexibility index (Phi) is 4.18. The van der Waals surface area contributed by atoms with Gasteiger partial charge >= 0.3 is 6.18 Å². The first kappa shape index (κ1) is 15.5. The Morgan fingerprint density at radius 2 is 1.78 bits per heavy atom. The van der Waals surface area contributed by atoms with Gasteiger partial charge in [0.15, 0.2) is 0 Å². The van der Waals surface area contributed by atoms with Crippen molar-refractivity contribution in [2.24, 2.45) is 11.1 Å². The average molecular weight is 264 g/mol. The summed E-state index contributed by atoms with van der Waals surface area (Å²) in [5, 5.41) is 0. The summed E-state index contributed by atoms with van der Waals surface area (Å²) in [4.78, 5) is 2.03. The van der Waals surface area contributed by atoms with Gasteiger partial charge in [0.25, 0.3) is 0 Å². The molecule has 0 aliphatic carbocycles. The molecule has 0 aromatic heterocycles. The van der Waals surface area contributed by atoms with E-state index in [1.807, 2.05) is 18.7 Å². The predicted octanol–water partition coefficient (Wildman–Crippen LogP) is 2.94. The molecule has 1 heterocycles. The van der Waals surface area contributed by atoms with Crippen LogP contribution in [0.1, 0.15) is 34.1 Å². The summed E-state index contributed by atoms with van der Waals surface area (Å²) in [5.74, 6) is 0. The quantitative estimate of drug-likeness (QED) is 0.794. The van der Waals surface area contributed by atoms with Crippen LogP contribution in [0.15, 0.2) is 11.6 Å². The number of rotatable bonds is 3. The largest absolute Gasteiger partial charge is 0.412 e. The molecule has 0 atom stereocenters. The molecule has 18 heavy (non-hydrogen) atoms. The minimum absolute atomic E-state index is 0.0740. The third kappa shape index (κ3) is 3.72. The van der Waals surface area contributed by atoms with Crippen molar-refractivity contribution in [3.63, 3.8) is 0 Å². The molecule has 0 amide bonds. The molecule has 0 unspecified atom stereocenters. The van der Waals surface area contributed by atoms with Crippen molar-refractivity contribution in [3.05, 3.63) is 11.6 Å². The Bertz CT molecular complexity index is 324. The van der Waals surface area contributed by atoms with Gasteiger partial charge in [-0.3, -0.25) is 4.90 Å². The predicted molar refractivity (Wildman–Crippen MR) is 67.2 cm³/mol. The highest BCUT2D eigenvalue weighted by molar-refractivity contribution is 5.13. The molecular weight excluding hydrogens is 241 g/mol. The molecule has 0 aromatic rings. The minimum atomic E-state index is -4.17. The van der Waals surface area contributed by atoms with Crippen LogP contribution in [-0.2, 0) is 0 Å². The van der Waals surface area contributed by atoms with E-state index in [2.05, 4.69) is 13.8 Å². The zero-order valence-corrected chi connectivity index (χ0v) is 11.6. The van der Waals surface area contributed by atoms with Gasteiger partial charge in [0, 0.05) is 30.7 Å². The molecule has 1 aliphatic heterocycles. The summed E-state index contributed by atoms with van der Waals surface area (Å²) in [6, 6.07) is 0. The van der Waals surface area contributed by atoms with Crippen molar-refractivity contribution in [2.45, 2.75) is 45.8 Å². The van der Waals surface area contributed by atoms with E-state index in [4.69, 9.17) is 5.73 Å². The molecular formula is C13H23F3N2. The van der Waals surface area contributed by atoms with E-state index < -0.39 is 11.7 Å². The number of nitrogens with zero attached hydrogens (tertiary/aromatic N) is 1. The van der Waals surface area contributed by atoms with Gasteiger partial charge in [-0.15, -0.1) is 0 Å². The molecule has 2 nitrogen and oxygen atoms in total. The third-order valence-corrected chi connectivity index (χ3v) is 4.02. The summed E-state index contributed by atoms with van der Waals surface area (Å²) >= 11 is 0. The standard InChI is InChI=1S/C13H23F3N2/c1-11(2,12(3,4)17)9-18-7-5-10(6-8-18)13(14,15)16/h5H,6-9,17H2,1-4H3. The molecule has 1 rings (SSSR count). The lowest BCUT2D eigenvalue weighted by atomic mass is 9.74. The van der Waals surface area contributed by atoms with Gasteiger partial charge in [-0.05, 0) is 25.7 Å². The van der Waals surface area contributed by atoms with Crippen LogP contribution in [0.5, 0.6) is 0 Å². The molecule has 1 aliphatic rings. The van der Waals surface area contributed by atoms with Gasteiger partial charge in [-0.1, -0.05) is 19.9 Å². The fourth-order valence-electron chi connectivity index (χ4n) is 1.88. The van der Waals surface area contributed by atoms with Gasteiger partial charge in [0.1, 0.15) is 0 Å². The zero-order valence-electron chi connectivity index (χ0n) is 11.6. The van der Waals surface area contributed by atoms with Crippen LogP contribution >= 0.6 is 0 Å². The third-order valence-electron chi connectivity index (χ3n) is 4.02. The fraction of sp³-hybridized carbons (Fsp3) is 0.846. The number of nitrogens with two attached hydrogens (primary N) is 1. The summed E-state index contributed by atoms with van der Waals surface area (Å²) in [7, 11) is 0. The molecule has 0 fully saturated rings. The monoisotopic (exact) mass is 264 g/mol. The highest BCUT2D eigenvalue weighted by Gasteiger charge is 2.38. The van der Waals surface area contributed by atoms with E-state index in [0.29, 0.717) is 19.6 Å². The first-order valence-electron chi connectivity index (χ1n) is 6.21. The van der Waals surface area contributed by atoms with Crippen LogP contribution in [-0.4, -0.2) is 36.2 Å². The Labute approximate surface area is 107 Å². The van der Waals surface area contributed by atoms with Gasteiger partial charge in [-0.25, -0.2) is 0 Å². The van der Waals surface area contributed by atoms with Crippen LogP contribution < -0.4 is 5.73 Å². The van der Waals surface area contributed by atoms with Crippen molar-refractivity contribution in [2.75, 3.05) is 19.6 Å².